The Morgan fingerprint density at radius 1 is 0.184 bits per heavy atom. The summed E-state index contributed by atoms with van der Waals surface area (Å²) in [5.41, 5.74) is 9.68. The molecule has 2 nitrogen and oxygen atoms in total. The van der Waals surface area contributed by atoms with Crippen molar-refractivity contribution in [2.24, 2.45) is 0 Å². The Hall–Kier alpha value is -12.9. The highest BCUT2D eigenvalue weighted by atomic mass is 16.3. The van der Waals surface area contributed by atoms with E-state index < -0.39 is 48.3 Å². The van der Waals surface area contributed by atoms with Crippen molar-refractivity contribution in [1.29, 1.82) is 0 Å². The van der Waals surface area contributed by atoms with Crippen LogP contribution in [0.15, 0.2) is 360 Å². The molecule has 0 amide bonds. The van der Waals surface area contributed by atoms with Crippen LogP contribution in [0.3, 0.4) is 0 Å². The van der Waals surface area contributed by atoms with Crippen LogP contribution in [0.5, 0.6) is 0 Å². The molecule has 0 radical (unpaired) electrons. The summed E-state index contributed by atoms with van der Waals surface area (Å²) < 4.78 is 160. The molecular formula is C96H58O2. The van der Waals surface area contributed by atoms with Crippen LogP contribution < -0.4 is 0 Å². The van der Waals surface area contributed by atoms with Crippen LogP contribution in [0.25, 0.3) is 208 Å². The van der Waals surface area contributed by atoms with E-state index in [9.17, 15) is 11.0 Å². The summed E-state index contributed by atoms with van der Waals surface area (Å²) in [5.74, 6) is 0. The Balaban J connectivity index is 0.000000148. The Labute approximate surface area is 587 Å². The van der Waals surface area contributed by atoms with Crippen molar-refractivity contribution in [3.05, 3.63) is 351 Å². The molecule has 0 aliphatic heterocycles. The highest BCUT2D eigenvalue weighted by molar-refractivity contribution is 6.33. The zero-order valence-corrected chi connectivity index (χ0v) is 52.1. The summed E-state index contributed by atoms with van der Waals surface area (Å²) in [6, 6.07) is 76.7. The second-order valence-electron chi connectivity index (χ2n) is 24.8. The van der Waals surface area contributed by atoms with Crippen LogP contribution in [0.1, 0.15) is 21.9 Å². The smallest absolute Gasteiger partial charge is 0.136 e. The molecule has 0 spiro atoms. The number of benzene rings is 19. The fourth-order valence-corrected chi connectivity index (χ4v) is 15.3. The summed E-state index contributed by atoms with van der Waals surface area (Å²) in [4.78, 5) is 0. The zero-order chi connectivity index (χ0) is 78.3. The molecule has 21 aromatic rings. The maximum atomic E-state index is 9.54. The number of furan rings is 2. The normalized spacial score (nSPS) is 14.2. The first-order valence-corrected chi connectivity index (χ1v) is 32.5. The Kier molecular flexibility index (Phi) is 9.54. The van der Waals surface area contributed by atoms with Crippen molar-refractivity contribution in [3.8, 4) is 66.8 Å². The predicted octanol–water partition coefficient (Wildman–Crippen LogP) is 27.6. The van der Waals surface area contributed by atoms with Gasteiger partial charge in [-0.15, -0.1) is 0 Å². The molecule has 0 aliphatic carbocycles. The van der Waals surface area contributed by atoms with Gasteiger partial charge >= 0.3 is 0 Å². The standard InChI is InChI=1S/C50H30O.C46H28O/c1-3-15-35-31(12-1)14-11-23-36(35)33-24-26-34(27-25-33)47-40-19-7-9-21-42(40)48(43-22-10-8-20-41(43)47)44-30-46-50(39-18-6-5-17-38(39)44)49-37-16-4-2-13-32(37)28-29-45(49)51-46;1-2-12-29(13-3-1)30-22-24-32(25-23-30)43-36-18-8-10-20-38(36)44(39-21-11-9-19-37(39)43)40-28-42-46(35-17-7-6-16-34(35)40)45-33-15-5-4-14-31(33)26-27-41(45)47-42/h1-30H;1-28H/i7D,8D,9D,10D,19D,20D,21D,22D;8D,9D,10D,11D,18D,19D,20D,21D. The Morgan fingerprint density at radius 3 is 0.918 bits per heavy atom. The molecule has 0 saturated carbocycles. The molecule has 0 fully saturated rings. The van der Waals surface area contributed by atoms with Gasteiger partial charge in [0.05, 0.1) is 21.9 Å². The topological polar surface area (TPSA) is 26.3 Å². The average Bonchev–Trinajstić information content (AvgIpc) is 0.879. The maximum Gasteiger partial charge on any atom is 0.136 e. The van der Waals surface area contributed by atoms with E-state index >= 15 is 0 Å². The third kappa shape index (κ3) is 8.68. The third-order valence-corrected chi connectivity index (χ3v) is 19.6. The van der Waals surface area contributed by atoms with Gasteiger partial charge in [-0.2, -0.15) is 0 Å². The molecule has 2 heterocycles. The fourth-order valence-electron chi connectivity index (χ4n) is 15.3. The van der Waals surface area contributed by atoms with Crippen molar-refractivity contribution >= 4 is 141 Å². The molecule has 2 heteroatoms. The van der Waals surface area contributed by atoms with Gasteiger partial charge in [-0.3, -0.25) is 0 Å². The second-order valence-corrected chi connectivity index (χ2v) is 24.8. The first kappa shape index (κ1) is 41.7. The lowest BCUT2D eigenvalue weighted by Crippen LogP contribution is -1.92. The van der Waals surface area contributed by atoms with Gasteiger partial charge < -0.3 is 8.83 Å². The zero-order valence-electron chi connectivity index (χ0n) is 68.1. The second kappa shape index (κ2) is 22.4. The lowest BCUT2D eigenvalue weighted by molar-refractivity contribution is 0.669. The quantitative estimate of drug-likeness (QED) is 0.155. The van der Waals surface area contributed by atoms with Crippen molar-refractivity contribution in [3.63, 3.8) is 0 Å². The molecule has 0 atom stereocenters. The monoisotopic (exact) mass is 1260 g/mol. The van der Waals surface area contributed by atoms with E-state index in [1.54, 1.807) is 0 Å². The van der Waals surface area contributed by atoms with Gasteiger partial charge in [0, 0.05) is 21.5 Å². The SMILES string of the molecule is [2H]c1c([2H])c([2H])c2c(-c3cc4oc5ccc6ccccc6c5c4c4ccccc34)c3c([2H])c([2H])c([2H])c([2H])c3c(-c3ccc(-c4cccc5ccccc45)cc3)c2c1[2H].[2H]c1c([2H])c([2H])c2c(-c3cc4oc5ccc6ccccc6c5c4c4ccccc34)c3c([2H])c([2H])c([2H])c([2H])c3c(-c3ccc(-c4ccccc4)cc3)c2c1[2H]. The van der Waals surface area contributed by atoms with Crippen molar-refractivity contribution < 1.29 is 30.8 Å². The molecule has 454 valence electrons. The van der Waals surface area contributed by atoms with Crippen LogP contribution >= 0.6 is 0 Å². The minimum absolute atomic E-state index is 0.160. The lowest BCUT2D eigenvalue weighted by atomic mass is 9.84. The van der Waals surface area contributed by atoms with Gasteiger partial charge in [0.15, 0.2) is 0 Å². The summed E-state index contributed by atoms with van der Waals surface area (Å²) in [5, 5.41) is 14.5. The van der Waals surface area contributed by atoms with Crippen LogP contribution in [0, 0.1) is 0 Å². The minimum Gasteiger partial charge on any atom is -0.456 e. The van der Waals surface area contributed by atoms with Gasteiger partial charge in [0.25, 0.3) is 0 Å². The van der Waals surface area contributed by atoms with E-state index in [0.29, 0.717) is 55.7 Å². The Morgan fingerprint density at radius 2 is 0.490 bits per heavy atom. The van der Waals surface area contributed by atoms with Gasteiger partial charge in [0.1, 0.15) is 22.3 Å². The molecular weight excluding hydrogens is 1190 g/mol. The van der Waals surface area contributed by atoms with Crippen molar-refractivity contribution in [2.75, 3.05) is 0 Å². The van der Waals surface area contributed by atoms with Gasteiger partial charge in [-0.05, 0) is 188 Å². The van der Waals surface area contributed by atoms with Gasteiger partial charge in [0.2, 0.25) is 0 Å². The molecule has 21 rings (SSSR count). The maximum absolute atomic E-state index is 9.54. The van der Waals surface area contributed by atoms with E-state index in [1.807, 2.05) is 206 Å². The van der Waals surface area contributed by atoms with E-state index in [0.717, 1.165) is 97.7 Å². The highest BCUT2D eigenvalue weighted by Crippen LogP contribution is 2.51. The summed E-state index contributed by atoms with van der Waals surface area (Å²) in [6.45, 7) is 0. The highest BCUT2D eigenvalue weighted by Gasteiger charge is 2.25. The summed E-state index contributed by atoms with van der Waals surface area (Å²) >= 11 is 0. The number of fused-ring (bicyclic) bond motifs is 19. The van der Waals surface area contributed by atoms with Gasteiger partial charge in [-0.1, -0.05) is 327 Å². The molecule has 98 heavy (non-hydrogen) atoms. The molecule has 0 bridgehead atoms. The molecule has 0 N–H and O–H groups in total. The molecule has 19 aromatic carbocycles. The average molecular weight is 1260 g/mol. The van der Waals surface area contributed by atoms with E-state index in [-0.39, 0.29) is 103 Å². The van der Waals surface area contributed by atoms with Crippen LogP contribution in [-0.2, 0) is 0 Å². The molecule has 0 saturated heterocycles. The van der Waals surface area contributed by atoms with E-state index in [1.165, 1.54) is 0 Å². The van der Waals surface area contributed by atoms with E-state index in [2.05, 4.69) is 48.5 Å². The van der Waals surface area contributed by atoms with Crippen LogP contribution in [0.2, 0.25) is 0 Å². The summed E-state index contributed by atoms with van der Waals surface area (Å²) in [7, 11) is 0. The van der Waals surface area contributed by atoms with E-state index in [4.69, 9.17) is 19.8 Å². The van der Waals surface area contributed by atoms with Crippen LogP contribution in [0.4, 0.5) is 0 Å². The largest absolute Gasteiger partial charge is 0.456 e. The molecule has 0 unspecified atom stereocenters. The summed E-state index contributed by atoms with van der Waals surface area (Å²) in [6.07, 6.45) is 0. The lowest BCUT2D eigenvalue weighted by Gasteiger charge is -2.19. The van der Waals surface area contributed by atoms with Crippen LogP contribution in [-0.4, -0.2) is 0 Å². The Bertz CT molecular complexity index is 7680. The number of hydrogen-bond donors (Lipinski definition) is 0. The first-order chi connectivity index (χ1) is 55.3. The molecule has 0 aliphatic rings. The minimum atomic E-state index is -0.443. The van der Waals surface area contributed by atoms with Crippen molar-refractivity contribution in [2.45, 2.75) is 0 Å². The number of rotatable bonds is 6. The third-order valence-electron chi connectivity index (χ3n) is 19.6. The number of hydrogen-bond acceptors (Lipinski definition) is 2. The van der Waals surface area contributed by atoms with Gasteiger partial charge in [-0.25, -0.2) is 0 Å². The first-order valence-electron chi connectivity index (χ1n) is 40.5. The predicted molar refractivity (Wildman–Crippen MR) is 418 cm³/mol. The fraction of sp³-hybridized carbons (Fsp3) is 0. The molecule has 2 aromatic heterocycles. The van der Waals surface area contributed by atoms with Crippen molar-refractivity contribution in [1.82, 2.24) is 0 Å².